The van der Waals surface area contributed by atoms with Crippen molar-refractivity contribution in [3.05, 3.63) is 34.4 Å². The lowest BCUT2D eigenvalue weighted by Crippen LogP contribution is -2.64. The van der Waals surface area contributed by atoms with Gasteiger partial charge in [0.2, 0.25) is 11.8 Å². The minimum Gasteiger partial charge on any atom is -0.495 e. The molecule has 0 aliphatic carbocycles. The summed E-state index contributed by atoms with van der Waals surface area (Å²) in [4.78, 5) is 54.8. The molecule has 13 nitrogen and oxygen atoms in total. The fraction of sp³-hybridized carbons (Fsp3) is 0.647. The summed E-state index contributed by atoms with van der Waals surface area (Å²) in [5, 5.41) is 14.5. The third kappa shape index (κ3) is 7.74. The summed E-state index contributed by atoms with van der Waals surface area (Å²) in [5.74, 6) is -1.57. The summed E-state index contributed by atoms with van der Waals surface area (Å²) in [5.41, 5.74) is -0.632. The molecule has 0 spiro atoms. The molecule has 3 aliphatic rings. The van der Waals surface area contributed by atoms with Crippen molar-refractivity contribution in [2.75, 3.05) is 33.2 Å². The van der Waals surface area contributed by atoms with E-state index in [9.17, 15) is 24.3 Å². The van der Waals surface area contributed by atoms with E-state index in [0.717, 1.165) is 11.1 Å². The Hall–Kier alpha value is -3.39. The summed E-state index contributed by atoms with van der Waals surface area (Å²) in [7, 11) is 6.04. The highest BCUT2D eigenvalue weighted by molar-refractivity contribution is 6.35. The molecule has 8 atom stereocenters. The Kier molecular flexibility index (Phi) is 11.4. The number of allylic oxidation sites excluding steroid dienone is 2. The molecule has 14 heteroatoms. The number of ether oxygens (including phenoxy) is 5. The molecular formula is C34H48ClN3O10. The van der Waals surface area contributed by atoms with E-state index in [0.29, 0.717) is 30.7 Å². The zero-order valence-electron chi connectivity index (χ0n) is 29.1. The Morgan fingerprint density at radius 2 is 1.92 bits per heavy atom. The van der Waals surface area contributed by atoms with Crippen LogP contribution in [0.3, 0.4) is 0 Å². The Labute approximate surface area is 286 Å². The van der Waals surface area contributed by atoms with Crippen molar-refractivity contribution in [2.24, 2.45) is 5.92 Å². The van der Waals surface area contributed by atoms with Gasteiger partial charge in [-0.2, -0.15) is 0 Å². The highest BCUT2D eigenvalue weighted by atomic mass is 35.5. The molecule has 3 heterocycles. The first-order chi connectivity index (χ1) is 22.4. The topological polar surface area (TPSA) is 156 Å². The van der Waals surface area contributed by atoms with E-state index in [1.54, 1.807) is 14.0 Å². The average Bonchev–Trinajstić information content (AvgIpc) is 3.73. The number of methoxy groups -OCH3 is 2. The molecule has 2 N–H and O–H groups in total. The minimum absolute atomic E-state index is 0.00768. The number of nitrogens with zero attached hydrogens (tertiary/aromatic N) is 2. The van der Waals surface area contributed by atoms with Gasteiger partial charge in [-0.05, 0) is 57.7 Å². The number of esters is 1. The minimum atomic E-state index is -1.73. The molecule has 3 amide bonds. The number of nitrogens with one attached hydrogen (secondary N) is 1. The first kappa shape index (κ1) is 37.4. The predicted molar refractivity (Wildman–Crippen MR) is 177 cm³/mol. The fourth-order valence-corrected chi connectivity index (χ4v) is 6.91. The van der Waals surface area contributed by atoms with Crippen LogP contribution in [0.25, 0.3) is 0 Å². The van der Waals surface area contributed by atoms with Gasteiger partial charge in [-0.1, -0.05) is 30.2 Å². The van der Waals surface area contributed by atoms with Gasteiger partial charge in [-0.15, -0.1) is 0 Å². The van der Waals surface area contributed by atoms with Crippen molar-refractivity contribution in [3.8, 4) is 5.75 Å². The second-order valence-electron chi connectivity index (χ2n) is 13.3. The third-order valence-corrected chi connectivity index (χ3v) is 10.4. The van der Waals surface area contributed by atoms with Crippen LogP contribution in [-0.4, -0.2) is 104 Å². The molecule has 0 saturated carbocycles. The van der Waals surface area contributed by atoms with Gasteiger partial charge in [0.15, 0.2) is 5.72 Å². The number of amides is 3. The van der Waals surface area contributed by atoms with E-state index in [-0.39, 0.29) is 23.8 Å². The Morgan fingerprint density at radius 1 is 1.23 bits per heavy atom. The molecule has 48 heavy (non-hydrogen) atoms. The van der Waals surface area contributed by atoms with Crippen molar-refractivity contribution in [3.63, 3.8) is 0 Å². The summed E-state index contributed by atoms with van der Waals surface area (Å²) >= 11 is 6.72. The highest BCUT2D eigenvalue weighted by Gasteiger charge is 2.64. The second-order valence-corrected chi connectivity index (χ2v) is 13.7. The molecule has 0 unspecified atom stereocenters. The van der Waals surface area contributed by atoms with Crippen molar-refractivity contribution in [1.29, 1.82) is 0 Å². The Balaban J connectivity index is 1.77. The summed E-state index contributed by atoms with van der Waals surface area (Å²) in [6, 6.07) is 2.68. The van der Waals surface area contributed by atoms with Gasteiger partial charge in [0.05, 0.1) is 25.3 Å². The van der Waals surface area contributed by atoms with Crippen LogP contribution >= 0.6 is 11.6 Å². The molecule has 2 saturated heterocycles. The fourth-order valence-electron chi connectivity index (χ4n) is 6.59. The number of carbonyl (C=O) groups excluding carboxylic acids is 4. The number of fused-ring (bicyclic) bond motifs is 5. The van der Waals surface area contributed by atoms with E-state index in [4.69, 9.17) is 35.3 Å². The first-order valence-electron chi connectivity index (χ1n) is 16.1. The van der Waals surface area contributed by atoms with Crippen LogP contribution < -0.4 is 15.0 Å². The van der Waals surface area contributed by atoms with E-state index in [2.05, 4.69) is 5.32 Å². The number of rotatable bonds is 5. The number of likely N-dealkylation sites (N-methyl/N-ethyl adjacent to an activating group) is 1. The van der Waals surface area contributed by atoms with Crippen molar-refractivity contribution in [1.82, 2.24) is 10.2 Å². The lowest BCUT2D eigenvalue weighted by atomic mass is 9.83. The monoisotopic (exact) mass is 693 g/mol. The van der Waals surface area contributed by atoms with Gasteiger partial charge in [-0.3, -0.25) is 14.9 Å². The van der Waals surface area contributed by atoms with Crippen molar-refractivity contribution >= 4 is 41.2 Å². The standard InChI is InChI=1S/C34H48ClN3O10/c1-18-11-10-12-26(45-9)34(43)17-25(46-32(42)36-34)19(2)30-33(5,48-30)27(47-31(41)20(3)37(6)21(4)39)16-28(40)38(7)23-14-22(13-18)15-24(44-8)29(23)35/h11,14-15,19-20,25-27,30,43H,10,12-13,16-17H2,1-9H3,(H,36,42)/b18-11+/t19-,20+,25+,26-,27+,30+,33-,34+/m1/s1. The highest BCUT2D eigenvalue weighted by Crippen LogP contribution is 2.49. The SMILES string of the molecule is COc1cc2cc(c1Cl)N(C)C(=O)C[C@H](OC(=O)[C@H](C)N(C)C(C)=O)[C@@]1(C)O[C@H]1[C@H](C)[C@@H]1C[C@@](O)(NC(=O)O1)[C@H](OC)CC/C=C(\C)C2. The van der Waals surface area contributed by atoms with E-state index >= 15 is 0 Å². The van der Waals surface area contributed by atoms with Crippen molar-refractivity contribution in [2.45, 2.75) is 109 Å². The smallest absolute Gasteiger partial charge is 0.409 e. The number of halogens is 1. The zero-order chi connectivity index (χ0) is 35.7. The number of benzene rings is 1. The summed E-state index contributed by atoms with van der Waals surface area (Å²) in [6.45, 7) is 8.38. The molecule has 2 fully saturated rings. The molecule has 0 radical (unpaired) electrons. The number of hydrogen-bond acceptors (Lipinski definition) is 10. The number of alkyl carbamates (subject to hydrolysis) is 1. The predicted octanol–water partition coefficient (Wildman–Crippen LogP) is 3.76. The first-order valence-corrected chi connectivity index (χ1v) is 16.5. The number of hydrogen-bond donors (Lipinski definition) is 2. The normalized spacial score (nSPS) is 32.9. The lowest BCUT2D eigenvalue weighted by Gasteiger charge is -2.43. The van der Waals surface area contributed by atoms with E-state index in [1.807, 2.05) is 32.1 Å². The van der Waals surface area contributed by atoms with Gasteiger partial charge in [0.25, 0.3) is 0 Å². The second kappa shape index (κ2) is 14.6. The average molecular weight is 694 g/mol. The maximum atomic E-state index is 14.0. The molecule has 3 aliphatic heterocycles. The molecule has 4 rings (SSSR count). The molecule has 0 aromatic heterocycles. The molecule has 4 bridgehead atoms. The van der Waals surface area contributed by atoms with Crippen LogP contribution in [0.1, 0.15) is 65.9 Å². The molecule has 266 valence electrons. The van der Waals surface area contributed by atoms with E-state index in [1.165, 1.54) is 44.9 Å². The van der Waals surface area contributed by atoms with Crippen molar-refractivity contribution < 1.29 is 48.0 Å². The van der Waals surface area contributed by atoms with Gasteiger partial charge in [0, 0.05) is 40.5 Å². The van der Waals surface area contributed by atoms with Crippen LogP contribution in [0.4, 0.5) is 10.5 Å². The number of aliphatic hydroxyl groups is 1. The van der Waals surface area contributed by atoms with Gasteiger partial charge in [-0.25, -0.2) is 9.59 Å². The van der Waals surface area contributed by atoms with Crippen LogP contribution in [-0.2, 0) is 39.8 Å². The zero-order valence-corrected chi connectivity index (χ0v) is 29.9. The summed E-state index contributed by atoms with van der Waals surface area (Å²) in [6.07, 6.45) is -0.850. The van der Waals surface area contributed by atoms with Gasteiger partial charge >= 0.3 is 12.1 Å². The molecule has 1 aromatic rings. The number of anilines is 1. The molecular weight excluding hydrogens is 646 g/mol. The van der Waals surface area contributed by atoms with Crippen LogP contribution in [0.2, 0.25) is 5.02 Å². The number of carbonyl (C=O) groups is 4. The quantitative estimate of drug-likeness (QED) is 0.265. The maximum Gasteiger partial charge on any atom is 0.409 e. The van der Waals surface area contributed by atoms with Gasteiger partial charge < -0.3 is 38.6 Å². The largest absolute Gasteiger partial charge is 0.495 e. The lowest BCUT2D eigenvalue weighted by molar-refractivity contribution is -0.161. The van der Waals surface area contributed by atoms with Crippen LogP contribution in [0, 0.1) is 5.92 Å². The van der Waals surface area contributed by atoms with Crippen LogP contribution in [0.15, 0.2) is 23.8 Å². The number of epoxide rings is 1. The third-order valence-electron chi connectivity index (χ3n) is 9.98. The molecule has 1 aromatic carbocycles. The van der Waals surface area contributed by atoms with Crippen LogP contribution in [0.5, 0.6) is 5.75 Å². The van der Waals surface area contributed by atoms with E-state index < -0.39 is 65.7 Å². The van der Waals surface area contributed by atoms with Gasteiger partial charge in [0.1, 0.15) is 40.7 Å². The Bertz CT molecular complexity index is 1450. The maximum absolute atomic E-state index is 14.0. The summed E-state index contributed by atoms with van der Waals surface area (Å²) < 4.78 is 29.1. The Morgan fingerprint density at radius 3 is 2.54 bits per heavy atom.